The Morgan fingerprint density at radius 2 is 2.29 bits per heavy atom. The van der Waals surface area contributed by atoms with Crippen molar-refractivity contribution in [1.82, 2.24) is 9.97 Å². The molecule has 166 valence electrons. The minimum Gasteiger partial charge on any atom is -0.465 e. The molecule has 3 N–H and O–H groups in total. The SMILES string of the molecule is Cc1cc(OC(F)F)cnc1C(=O)Nc1csc(C23CO[C@@H](C)C[C@H]2COC(N)=N3)n1. The van der Waals surface area contributed by atoms with E-state index in [9.17, 15) is 13.6 Å². The Hall–Kier alpha value is -2.86. The van der Waals surface area contributed by atoms with Crippen LogP contribution in [0.2, 0.25) is 0 Å². The molecule has 0 aromatic carbocycles. The number of aryl methyl sites for hydroxylation is 1. The summed E-state index contributed by atoms with van der Waals surface area (Å²) in [4.78, 5) is 25.7. The third-order valence-electron chi connectivity index (χ3n) is 5.23. The first-order valence-corrected chi connectivity index (χ1v) is 10.4. The van der Waals surface area contributed by atoms with Crippen molar-refractivity contribution in [2.24, 2.45) is 16.6 Å². The number of thiazole rings is 1. The van der Waals surface area contributed by atoms with Gasteiger partial charge in [0.05, 0.1) is 25.5 Å². The lowest BCUT2D eigenvalue weighted by atomic mass is 9.79. The predicted octanol–water partition coefficient (Wildman–Crippen LogP) is 2.67. The van der Waals surface area contributed by atoms with Crippen LogP contribution in [0.5, 0.6) is 5.75 Å². The Labute approximate surface area is 180 Å². The third-order valence-corrected chi connectivity index (χ3v) is 6.24. The molecule has 2 aliphatic rings. The van der Waals surface area contributed by atoms with Crippen molar-refractivity contribution in [2.75, 3.05) is 18.5 Å². The van der Waals surface area contributed by atoms with E-state index in [1.807, 2.05) is 6.92 Å². The van der Waals surface area contributed by atoms with E-state index in [1.54, 1.807) is 12.3 Å². The second-order valence-corrected chi connectivity index (χ2v) is 8.30. The van der Waals surface area contributed by atoms with Gasteiger partial charge in [0.2, 0.25) is 0 Å². The first-order chi connectivity index (χ1) is 14.8. The van der Waals surface area contributed by atoms with Crippen molar-refractivity contribution in [1.29, 1.82) is 0 Å². The lowest BCUT2D eigenvalue weighted by Gasteiger charge is -2.43. The molecule has 1 saturated heterocycles. The van der Waals surface area contributed by atoms with Crippen LogP contribution in [0.4, 0.5) is 14.6 Å². The average Bonchev–Trinajstić information content (AvgIpc) is 3.17. The topological polar surface area (TPSA) is 121 Å². The van der Waals surface area contributed by atoms with Gasteiger partial charge in [-0.1, -0.05) is 0 Å². The van der Waals surface area contributed by atoms with Gasteiger partial charge in [0, 0.05) is 11.3 Å². The monoisotopic (exact) mass is 453 g/mol. The Bertz CT molecular complexity index is 1020. The lowest BCUT2D eigenvalue weighted by Crippen LogP contribution is -2.51. The second kappa shape index (κ2) is 8.35. The minimum absolute atomic E-state index is 0.0459. The van der Waals surface area contributed by atoms with Crippen LogP contribution in [0.3, 0.4) is 0 Å². The summed E-state index contributed by atoms with van der Waals surface area (Å²) in [5.41, 5.74) is 5.55. The van der Waals surface area contributed by atoms with Gasteiger partial charge in [0.1, 0.15) is 27.8 Å². The van der Waals surface area contributed by atoms with Crippen molar-refractivity contribution in [3.8, 4) is 5.75 Å². The van der Waals surface area contributed by atoms with Crippen LogP contribution in [0.1, 0.15) is 34.4 Å². The fraction of sp³-hybridized carbons (Fsp3) is 0.474. The van der Waals surface area contributed by atoms with E-state index in [4.69, 9.17) is 15.2 Å². The van der Waals surface area contributed by atoms with Gasteiger partial charge in [0.25, 0.3) is 11.9 Å². The number of nitrogens with zero attached hydrogens (tertiary/aromatic N) is 3. The first-order valence-electron chi connectivity index (χ1n) is 9.55. The fourth-order valence-electron chi connectivity index (χ4n) is 3.74. The summed E-state index contributed by atoms with van der Waals surface area (Å²) in [5.74, 6) is -0.266. The van der Waals surface area contributed by atoms with Crippen molar-refractivity contribution >= 4 is 29.1 Å². The highest BCUT2D eigenvalue weighted by Crippen LogP contribution is 2.44. The highest BCUT2D eigenvalue weighted by molar-refractivity contribution is 7.10. The van der Waals surface area contributed by atoms with Gasteiger partial charge in [-0.2, -0.15) is 8.78 Å². The normalized spacial score (nSPS) is 25.4. The zero-order valence-corrected chi connectivity index (χ0v) is 17.6. The van der Waals surface area contributed by atoms with E-state index >= 15 is 0 Å². The Kier molecular flexibility index (Phi) is 5.75. The number of hydrogen-bond donors (Lipinski definition) is 2. The molecule has 4 heterocycles. The van der Waals surface area contributed by atoms with Crippen LogP contribution in [-0.2, 0) is 15.0 Å². The number of alkyl halides is 2. The summed E-state index contributed by atoms with van der Waals surface area (Å²) < 4.78 is 40.3. The number of nitrogens with one attached hydrogen (secondary N) is 1. The summed E-state index contributed by atoms with van der Waals surface area (Å²) in [6.45, 7) is 1.34. The van der Waals surface area contributed by atoms with Gasteiger partial charge in [-0.3, -0.25) is 4.79 Å². The molecule has 4 rings (SSSR count). The maximum absolute atomic E-state index is 12.6. The van der Waals surface area contributed by atoms with Crippen LogP contribution in [0, 0.1) is 12.8 Å². The molecular formula is C19H21F2N5O4S. The minimum atomic E-state index is -2.97. The van der Waals surface area contributed by atoms with E-state index in [-0.39, 0.29) is 29.5 Å². The highest BCUT2D eigenvalue weighted by Gasteiger charge is 2.50. The van der Waals surface area contributed by atoms with Gasteiger partial charge in [0.15, 0.2) is 0 Å². The average molecular weight is 453 g/mol. The molecule has 3 atom stereocenters. The largest absolute Gasteiger partial charge is 0.465 e. The van der Waals surface area contributed by atoms with Gasteiger partial charge < -0.3 is 25.3 Å². The van der Waals surface area contributed by atoms with Gasteiger partial charge in [-0.15, -0.1) is 11.3 Å². The number of carbonyl (C=O) groups excluding carboxylic acids is 1. The number of pyridine rings is 1. The zero-order valence-electron chi connectivity index (χ0n) is 16.8. The molecule has 0 bridgehead atoms. The standard InChI is InChI=1S/C19H21F2N5O4S/c1-9-3-12(30-17(20)21)5-23-14(9)15(27)24-13-7-31-16(25-13)19-8-29-10(2)4-11(19)6-28-18(22)26-19/h3,5,7,10-11,17H,4,6,8H2,1-2H3,(H2,22,26)(H,24,27)/t10-,11-,19?/m0/s1. The molecule has 1 amide bonds. The summed E-state index contributed by atoms with van der Waals surface area (Å²) in [5, 5.41) is 5.05. The third kappa shape index (κ3) is 4.30. The molecule has 1 fully saturated rings. The van der Waals surface area contributed by atoms with Crippen molar-refractivity contribution < 1.29 is 27.8 Å². The second-order valence-electron chi connectivity index (χ2n) is 7.45. The number of nitrogens with two attached hydrogens (primary N) is 1. The van der Waals surface area contributed by atoms with Gasteiger partial charge in [-0.25, -0.2) is 15.0 Å². The van der Waals surface area contributed by atoms with E-state index in [0.29, 0.717) is 29.6 Å². The molecular weight excluding hydrogens is 432 g/mol. The van der Waals surface area contributed by atoms with Gasteiger partial charge >= 0.3 is 6.61 Å². The molecule has 31 heavy (non-hydrogen) atoms. The maximum Gasteiger partial charge on any atom is 0.387 e. The predicted molar refractivity (Wildman–Crippen MR) is 108 cm³/mol. The zero-order chi connectivity index (χ0) is 22.2. The summed E-state index contributed by atoms with van der Waals surface area (Å²) in [6, 6.07) is 1.41. The first kappa shape index (κ1) is 21.4. The van der Waals surface area contributed by atoms with E-state index in [2.05, 4.69) is 25.0 Å². The number of carbonyl (C=O) groups is 1. The number of amidine groups is 1. The smallest absolute Gasteiger partial charge is 0.387 e. The summed E-state index contributed by atoms with van der Waals surface area (Å²) in [6.07, 6.45) is 1.89. The molecule has 0 spiro atoms. The van der Waals surface area contributed by atoms with Crippen molar-refractivity contribution in [2.45, 2.75) is 38.5 Å². The fourth-order valence-corrected chi connectivity index (χ4v) is 4.70. The molecule has 9 nitrogen and oxygen atoms in total. The number of ether oxygens (including phenoxy) is 3. The lowest BCUT2D eigenvalue weighted by molar-refractivity contribution is -0.0734. The molecule has 2 aromatic rings. The number of rotatable bonds is 5. The van der Waals surface area contributed by atoms with Crippen molar-refractivity contribution in [3.63, 3.8) is 0 Å². The molecule has 0 radical (unpaired) electrons. The number of hydrogen-bond acceptors (Lipinski definition) is 9. The number of halogens is 2. The number of anilines is 1. The Morgan fingerprint density at radius 3 is 3.03 bits per heavy atom. The van der Waals surface area contributed by atoms with Crippen LogP contribution < -0.4 is 15.8 Å². The Balaban J connectivity index is 1.54. The summed E-state index contributed by atoms with van der Waals surface area (Å²) >= 11 is 1.34. The molecule has 12 heteroatoms. The van der Waals surface area contributed by atoms with E-state index in [0.717, 1.165) is 12.6 Å². The van der Waals surface area contributed by atoms with E-state index < -0.39 is 18.1 Å². The maximum atomic E-state index is 12.6. The highest BCUT2D eigenvalue weighted by atomic mass is 32.1. The summed E-state index contributed by atoms with van der Waals surface area (Å²) in [7, 11) is 0. The van der Waals surface area contributed by atoms with E-state index in [1.165, 1.54) is 17.4 Å². The van der Waals surface area contributed by atoms with Gasteiger partial charge in [-0.05, 0) is 31.9 Å². The van der Waals surface area contributed by atoms with Crippen LogP contribution in [0.15, 0.2) is 22.6 Å². The quantitative estimate of drug-likeness (QED) is 0.714. The number of amides is 1. The molecule has 0 aliphatic carbocycles. The number of aliphatic imine (C=N–C) groups is 1. The molecule has 2 aliphatic heterocycles. The Morgan fingerprint density at radius 1 is 1.48 bits per heavy atom. The van der Waals surface area contributed by atoms with Crippen molar-refractivity contribution in [3.05, 3.63) is 33.9 Å². The van der Waals surface area contributed by atoms with Crippen LogP contribution in [0.25, 0.3) is 0 Å². The van der Waals surface area contributed by atoms with Crippen LogP contribution >= 0.6 is 11.3 Å². The molecule has 1 unspecified atom stereocenters. The number of aromatic nitrogens is 2. The molecule has 2 aromatic heterocycles. The number of fused-ring (bicyclic) bond motifs is 1. The van der Waals surface area contributed by atoms with Crippen LogP contribution in [-0.4, -0.2) is 47.8 Å². The molecule has 0 saturated carbocycles.